The van der Waals surface area contributed by atoms with Gasteiger partial charge in [0, 0.05) is 12.6 Å². The van der Waals surface area contributed by atoms with Gasteiger partial charge in [-0.05, 0) is 38.1 Å². The molecular weight excluding hydrogens is 184 g/mol. The van der Waals surface area contributed by atoms with Crippen LogP contribution in [0.25, 0.3) is 0 Å². The van der Waals surface area contributed by atoms with Crippen LogP contribution in [0.15, 0.2) is 0 Å². The molecule has 1 fully saturated rings. The van der Waals surface area contributed by atoms with Gasteiger partial charge in [0.2, 0.25) is 0 Å². The third kappa shape index (κ3) is 3.10. The third-order valence-electron chi connectivity index (χ3n) is 2.53. The molecule has 0 aromatic carbocycles. The van der Waals surface area contributed by atoms with Gasteiger partial charge in [-0.2, -0.15) is 0 Å². The Morgan fingerprint density at radius 2 is 2.46 bits per heavy atom. The van der Waals surface area contributed by atoms with Crippen molar-refractivity contribution in [2.75, 3.05) is 19.6 Å². The van der Waals surface area contributed by atoms with Crippen LogP contribution in [0.4, 0.5) is 0 Å². The molecule has 1 atom stereocenters. The Bertz CT molecular complexity index is 174. The standard InChI is InChI=1S/C8H18N4S/c1-2-12-5-3-4-7(12)6-10-8(13)11-9/h7H,2-6,9H2,1H3,(H2,10,11,13). The highest BCUT2D eigenvalue weighted by molar-refractivity contribution is 7.80. The lowest BCUT2D eigenvalue weighted by atomic mass is 10.2. The molecule has 13 heavy (non-hydrogen) atoms. The number of nitrogens with zero attached hydrogens (tertiary/aromatic N) is 1. The molecule has 0 aliphatic carbocycles. The zero-order valence-electron chi connectivity index (χ0n) is 8.05. The SMILES string of the molecule is CCN1CCCC1CNC(=S)NN. The van der Waals surface area contributed by atoms with Gasteiger partial charge in [0.25, 0.3) is 0 Å². The van der Waals surface area contributed by atoms with Crippen molar-refractivity contribution in [1.29, 1.82) is 0 Å². The maximum absolute atomic E-state index is 5.16. The summed E-state index contributed by atoms with van der Waals surface area (Å²) in [4.78, 5) is 2.46. The van der Waals surface area contributed by atoms with Gasteiger partial charge in [-0.25, -0.2) is 5.84 Å². The van der Waals surface area contributed by atoms with Crippen molar-refractivity contribution in [3.05, 3.63) is 0 Å². The van der Waals surface area contributed by atoms with Crippen molar-refractivity contribution in [1.82, 2.24) is 15.6 Å². The highest BCUT2D eigenvalue weighted by Gasteiger charge is 2.22. The Hall–Kier alpha value is -0.390. The van der Waals surface area contributed by atoms with E-state index in [1.165, 1.54) is 19.4 Å². The molecule has 1 unspecified atom stereocenters. The molecule has 1 aliphatic rings. The molecule has 4 N–H and O–H groups in total. The van der Waals surface area contributed by atoms with E-state index in [1.807, 2.05) is 0 Å². The highest BCUT2D eigenvalue weighted by Crippen LogP contribution is 2.15. The lowest BCUT2D eigenvalue weighted by molar-refractivity contribution is 0.267. The Balaban J connectivity index is 2.23. The molecule has 0 aromatic heterocycles. The predicted octanol–water partition coefficient (Wildman–Crippen LogP) is -0.191. The third-order valence-corrected chi connectivity index (χ3v) is 2.80. The summed E-state index contributed by atoms with van der Waals surface area (Å²) in [6, 6.07) is 0.622. The first-order valence-electron chi connectivity index (χ1n) is 4.76. The maximum atomic E-state index is 5.16. The molecule has 0 amide bonds. The van der Waals surface area contributed by atoms with E-state index in [0.29, 0.717) is 11.2 Å². The van der Waals surface area contributed by atoms with Gasteiger partial charge < -0.3 is 10.7 Å². The summed E-state index contributed by atoms with van der Waals surface area (Å²) in [7, 11) is 0. The minimum Gasteiger partial charge on any atom is -0.360 e. The van der Waals surface area contributed by atoms with Crippen LogP contribution in [0.5, 0.6) is 0 Å². The average Bonchev–Trinajstić information content (AvgIpc) is 2.61. The molecule has 1 saturated heterocycles. The van der Waals surface area contributed by atoms with E-state index in [2.05, 4.69) is 22.6 Å². The van der Waals surface area contributed by atoms with Gasteiger partial charge >= 0.3 is 0 Å². The number of hydrazine groups is 1. The second-order valence-corrected chi connectivity index (χ2v) is 3.69. The summed E-state index contributed by atoms with van der Waals surface area (Å²) in [6.45, 7) is 5.43. The van der Waals surface area contributed by atoms with Crippen molar-refractivity contribution in [2.45, 2.75) is 25.8 Å². The van der Waals surface area contributed by atoms with Crippen LogP contribution in [0.3, 0.4) is 0 Å². The Kier molecular flexibility index (Phi) is 4.41. The Labute approximate surface area is 84.8 Å². The molecular formula is C8H18N4S. The van der Waals surface area contributed by atoms with E-state index in [0.717, 1.165) is 13.1 Å². The quantitative estimate of drug-likeness (QED) is 0.336. The maximum Gasteiger partial charge on any atom is 0.180 e. The number of nitrogens with one attached hydrogen (secondary N) is 2. The first-order valence-corrected chi connectivity index (χ1v) is 5.17. The minimum atomic E-state index is 0.531. The van der Waals surface area contributed by atoms with Crippen molar-refractivity contribution < 1.29 is 0 Å². The summed E-state index contributed by atoms with van der Waals surface area (Å²) in [6.07, 6.45) is 2.55. The van der Waals surface area contributed by atoms with Gasteiger partial charge in [-0.15, -0.1) is 0 Å². The van der Waals surface area contributed by atoms with Gasteiger partial charge in [0.15, 0.2) is 5.11 Å². The van der Waals surface area contributed by atoms with Crippen molar-refractivity contribution >= 4 is 17.3 Å². The fourth-order valence-electron chi connectivity index (χ4n) is 1.80. The molecule has 0 saturated carbocycles. The molecule has 0 aromatic rings. The molecule has 76 valence electrons. The van der Waals surface area contributed by atoms with Gasteiger partial charge in [0.1, 0.15) is 0 Å². The van der Waals surface area contributed by atoms with Crippen LogP contribution in [0.1, 0.15) is 19.8 Å². The topological polar surface area (TPSA) is 53.3 Å². The van der Waals surface area contributed by atoms with Crippen LogP contribution in [-0.2, 0) is 0 Å². The molecule has 1 aliphatic heterocycles. The van der Waals surface area contributed by atoms with E-state index in [1.54, 1.807) is 0 Å². The summed E-state index contributed by atoms with van der Waals surface area (Å²) in [5.74, 6) is 5.16. The van der Waals surface area contributed by atoms with Crippen molar-refractivity contribution in [2.24, 2.45) is 5.84 Å². The van der Waals surface area contributed by atoms with Gasteiger partial charge in [-0.1, -0.05) is 6.92 Å². The zero-order chi connectivity index (χ0) is 9.68. The molecule has 1 heterocycles. The number of thiocarbonyl (C=S) groups is 1. The normalized spacial score (nSPS) is 23.1. The van der Waals surface area contributed by atoms with Gasteiger partial charge in [-0.3, -0.25) is 4.90 Å². The van der Waals surface area contributed by atoms with Crippen LogP contribution < -0.4 is 16.6 Å². The first-order chi connectivity index (χ1) is 6.27. The summed E-state index contributed by atoms with van der Waals surface area (Å²) < 4.78 is 0. The van der Waals surface area contributed by atoms with Crippen LogP contribution in [0, 0.1) is 0 Å². The fourth-order valence-corrected chi connectivity index (χ4v) is 1.89. The first kappa shape index (κ1) is 10.7. The van der Waals surface area contributed by atoms with E-state index < -0.39 is 0 Å². The fraction of sp³-hybridized carbons (Fsp3) is 0.875. The van der Waals surface area contributed by atoms with E-state index in [9.17, 15) is 0 Å². The molecule has 5 heteroatoms. The number of hydrogen-bond donors (Lipinski definition) is 3. The predicted molar refractivity (Wildman–Crippen MR) is 58.2 cm³/mol. The highest BCUT2D eigenvalue weighted by atomic mass is 32.1. The average molecular weight is 202 g/mol. The van der Waals surface area contributed by atoms with Crippen molar-refractivity contribution in [3.63, 3.8) is 0 Å². The second kappa shape index (κ2) is 5.36. The second-order valence-electron chi connectivity index (χ2n) is 3.28. The molecule has 4 nitrogen and oxygen atoms in total. The number of hydrogen-bond acceptors (Lipinski definition) is 3. The van der Waals surface area contributed by atoms with Gasteiger partial charge in [0.05, 0.1) is 0 Å². The summed E-state index contributed by atoms with van der Waals surface area (Å²) >= 11 is 4.90. The van der Waals surface area contributed by atoms with E-state index >= 15 is 0 Å². The molecule has 0 spiro atoms. The number of likely N-dealkylation sites (tertiary alicyclic amines) is 1. The molecule has 0 bridgehead atoms. The van der Waals surface area contributed by atoms with Crippen LogP contribution in [-0.4, -0.2) is 35.7 Å². The summed E-state index contributed by atoms with van der Waals surface area (Å²) in [5, 5.41) is 3.62. The molecule has 1 rings (SSSR count). The van der Waals surface area contributed by atoms with Crippen LogP contribution >= 0.6 is 12.2 Å². The minimum absolute atomic E-state index is 0.531. The number of nitrogens with two attached hydrogens (primary N) is 1. The van der Waals surface area contributed by atoms with E-state index in [4.69, 9.17) is 18.1 Å². The lowest BCUT2D eigenvalue weighted by Gasteiger charge is -2.23. The van der Waals surface area contributed by atoms with E-state index in [-0.39, 0.29) is 0 Å². The number of rotatable bonds is 3. The number of likely N-dealkylation sites (N-methyl/N-ethyl adjacent to an activating group) is 1. The zero-order valence-corrected chi connectivity index (χ0v) is 8.86. The monoisotopic (exact) mass is 202 g/mol. The Morgan fingerprint density at radius 1 is 1.69 bits per heavy atom. The smallest absolute Gasteiger partial charge is 0.180 e. The molecule has 0 radical (unpaired) electrons. The lowest BCUT2D eigenvalue weighted by Crippen LogP contribution is -2.45. The largest absolute Gasteiger partial charge is 0.360 e. The Morgan fingerprint density at radius 3 is 3.08 bits per heavy atom. The van der Waals surface area contributed by atoms with Crippen molar-refractivity contribution in [3.8, 4) is 0 Å². The summed E-state index contributed by atoms with van der Waals surface area (Å²) in [5.41, 5.74) is 2.42. The van der Waals surface area contributed by atoms with Crippen LogP contribution in [0.2, 0.25) is 0 Å².